The molecule has 1 saturated carbocycles. The molecule has 6 heteroatoms. The first kappa shape index (κ1) is 11.2. The van der Waals surface area contributed by atoms with Gasteiger partial charge < -0.3 is 5.32 Å². The van der Waals surface area contributed by atoms with Crippen molar-refractivity contribution in [1.29, 1.82) is 0 Å². The van der Waals surface area contributed by atoms with Crippen molar-refractivity contribution in [2.24, 2.45) is 10.9 Å². The molecule has 4 nitrogen and oxygen atoms in total. The van der Waals surface area contributed by atoms with Crippen LogP contribution in [-0.2, 0) is 0 Å². The number of Topliss-reactive ketones (excluding diaryl/α,β-unsaturated/α-hetero) is 1. The summed E-state index contributed by atoms with van der Waals surface area (Å²) in [7, 11) is 0. The van der Waals surface area contributed by atoms with Gasteiger partial charge in [-0.2, -0.15) is 0 Å². The predicted octanol–water partition coefficient (Wildman–Crippen LogP) is 2.64. The second-order valence-electron chi connectivity index (χ2n) is 4.36. The first-order valence-corrected chi connectivity index (χ1v) is 7.43. The molecule has 1 unspecified atom stereocenters. The average molecular weight is 267 g/mol. The van der Waals surface area contributed by atoms with Gasteiger partial charge in [-0.05, 0) is 18.8 Å². The van der Waals surface area contributed by atoms with Crippen LogP contribution >= 0.6 is 23.1 Å². The van der Waals surface area contributed by atoms with Gasteiger partial charge in [0.05, 0.1) is 6.54 Å². The molecule has 1 aromatic heterocycles. The normalized spacial score (nSPS) is 23.6. The number of amidine groups is 1. The number of nitrogens with one attached hydrogen (secondary N) is 1. The van der Waals surface area contributed by atoms with Crippen LogP contribution in [0.3, 0.4) is 0 Å². The maximum Gasteiger partial charge on any atom is 0.189 e. The summed E-state index contributed by atoms with van der Waals surface area (Å²) in [6.45, 7) is 2.45. The Balaban J connectivity index is 1.61. The molecule has 0 saturated heterocycles. The fourth-order valence-electron chi connectivity index (χ4n) is 1.76. The third-order valence-corrected chi connectivity index (χ3v) is 4.95. The first-order valence-electron chi connectivity index (χ1n) is 5.67. The highest BCUT2D eigenvalue weighted by Crippen LogP contribution is 2.42. The van der Waals surface area contributed by atoms with E-state index in [2.05, 4.69) is 15.3 Å². The Bertz CT molecular complexity index is 479. The van der Waals surface area contributed by atoms with E-state index in [-0.39, 0.29) is 5.78 Å². The number of aromatic nitrogens is 1. The molecule has 0 aromatic carbocycles. The van der Waals surface area contributed by atoms with Crippen molar-refractivity contribution in [3.8, 4) is 0 Å². The number of carbonyl (C=O) groups excluding carboxylic acids is 1. The lowest BCUT2D eigenvalue weighted by atomic mass is 10.3. The Kier molecular flexibility index (Phi) is 2.92. The lowest BCUT2D eigenvalue weighted by Crippen LogP contribution is -2.09. The van der Waals surface area contributed by atoms with E-state index in [1.165, 1.54) is 31.1 Å². The molecule has 0 radical (unpaired) electrons. The number of nitrogens with zero attached hydrogens (tertiary/aromatic N) is 2. The number of hydrogen-bond acceptors (Lipinski definition) is 6. The van der Waals surface area contributed by atoms with E-state index in [0.29, 0.717) is 10.9 Å². The van der Waals surface area contributed by atoms with Crippen LogP contribution < -0.4 is 5.32 Å². The SMILES string of the molecule is CC(=O)c1csc(NC2=NCC(C3CC3)S2)n1. The van der Waals surface area contributed by atoms with Gasteiger partial charge in [0.1, 0.15) is 5.69 Å². The molecule has 1 aliphatic carbocycles. The molecule has 1 fully saturated rings. The minimum atomic E-state index is 0.00571. The number of hydrogen-bond donors (Lipinski definition) is 1. The Hall–Kier alpha value is -0.880. The summed E-state index contributed by atoms with van der Waals surface area (Å²) >= 11 is 3.27. The number of ketones is 1. The average Bonchev–Trinajstić information content (AvgIpc) is 2.87. The molecule has 1 N–H and O–H groups in total. The first-order chi connectivity index (χ1) is 8.22. The predicted molar refractivity (Wildman–Crippen MR) is 72.1 cm³/mol. The third-order valence-electron chi connectivity index (χ3n) is 2.90. The van der Waals surface area contributed by atoms with Crippen molar-refractivity contribution in [2.75, 3.05) is 11.9 Å². The zero-order chi connectivity index (χ0) is 11.8. The van der Waals surface area contributed by atoms with Gasteiger partial charge in [-0.25, -0.2) is 4.98 Å². The molecule has 2 aliphatic rings. The smallest absolute Gasteiger partial charge is 0.189 e. The molecule has 3 rings (SSSR count). The number of aliphatic imine (C=N–C) groups is 1. The van der Waals surface area contributed by atoms with Crippen molar-refractivity contribution < 1.29 is 4.79 Å². The minimum absolute atomic E-state index is 0.00571. The van der Waals surface area contributed by atoms with Crippen LogP contribution in [0.5, 0.6) is 0 Å². The van der Waals surface area contributed by atoms with E-state index in [1.54, 1.807) is 5.38 Å². The van der Waals surface area contributed by atoms with E-state index in [1.807, 2.05) is 11.8 Å². The topological polar surface area (TPSA) is 54.4 Å². The van der Waals surface area contributed by atoms with E-state index in [0.717, 1.165) is 22.8 Å². The van der Waals surface area contributed by atoms with E-state index >= 15 is 0 Å². The lowest BCUT2D eigenvalue weighted by Gasteiger charge is -2.05. The van der Waals surface area contributed by atoms with Crippen molar-refractivity contribution >= 4 is 39.2 Å². The van der Waals surface area contributed by atoms with E-state index in [9.17, 15) is 4.79 Å². The fourth-order valence-corrected chi connectivity index (χ4v) is 3.78. The number of thioether (sulfide) groups is 1. The molecule has 2 heterocycles. The van der Waals surface area contributed by atoms with Crippen LogP contribution in [0.2, 0.25) is 0 Å². The lowest BCUT2D eigenvalue weighted by molar-refractivity contribution is 0.101. The maximum atomic E-state index is 11.1. The molecule has 17 heavy (non-hydrogen) atoms. The molecular formula is C11H13N3OS2. The monoisotopic (exact) mass is 267 g/mol. The van der Waals surface area contributed by atoms with Crippen LogP contribution in [0.1, 0.15) is 30.3 Å². The van der Waals surface area contributed by atoms with Crippen molar-refractivity contribution in [3.63, 3.8) is 0 Å². The van der Waals surface area contributed by atoms with E-state index < -0.39 is 0 Å². The number of thiazole rings is 1. The van der Waals surface area contributed by atoms with Crippen LogP contribution in [0.15, 0.2) is 10.4 Å². The van der Waals surface area contributed by atoms with Gasteiger partial charge in [0.2, 0.25) is 0 Å². The molecular weight excluding hydrogens is 254 g/mol. The molecule has 1 atom stereocenters. The largest absolute Gasteiger partial charge is 0.311 e. The summed E-state index contributed by atoms with van der Waals surface area (Å²) in [6.07, 6.45) is 2.71. The maximum absolute atomic E-state index is 11.1. The Morgan fingerprint density at radius 3 is 3.00 bits per heavy atom. The molecule has 0 bridgehead atoms. The Morgan fingerprint density at radius 2 is 2.35 bits per heavy atom. The van der Waals surface area contributed by atoms with Crippen molar-refractivity contribution in [2.45, 2.75) is 25.0 Å². The van der Waals surface area contributed by atoms with Crippen LogP contribution in [0, 0.1) is 5.92 Å². The van der Waals surface area contributed by atoms with Gasteiger partial charge in [-0.3, -0.25) is 9.79 Å². The van der Waals surface area contributed by atoms with Crippen LogP contribution in [-0.4, -0.2) is 27.7 Å². The molecule has 0 spiro atoms. The van der Waals surface area contributed by atoms with Crippen LogP contribution in [0.25, 0.3) is 0 Å². The second-order valence-corrected chi connectivity index (χ2v) is 6.44. The number of anilines is 1. The van der Waals surface area contributed by atoms with Gasteiger partial charge in [-0.1, -0.05) is 11.8 Å². The second kappa shape index (κ2) is 4.42. The van der Waals surface area contributed by atoms with Gasteiger partial charge in [0, 0.05) is 17.6 Å². The summed E-state index contributed by atoms with van der Waals surface area (Å²) in [5, 5.41) is 7.35. The Labute approximate surface area is 108 Å². The van der Waals surface area contributed by atoms with E-state index in [4.69, 9.17) is 0 Å². The van der Waals surface area contributed by atoms with Gasteiger partial charge in [0.25, 0.3) is 0 Å². The quantitative estimate of drug-likeness (QED) is 0.855. The Morgan fingerprint density at radius 1 is 1.53 bits per heavy atom. The summed E-state index contributed by atoms with van der Waals surface area (Å²) in [5.74, 6) is 0.873. The van der Waals surface area contributed by atoms with Gasteiger partial charge in [-0.15, -0.1) is 11.3 Å². The third kappa shape index (κ3) is 2.52. The molecule has 90 valence electrons. The highest BCUT2D eigenvalue weighted by Gasteiger charge is 2.35. The highest BCUT2D eigenvalue weighted by atomic mass is 32.2. The number of rotatable bonds is 3. The minimum Gasteiger partial charge on any atom is -0.311 e. The fraction of sp³-hybridized carbons (Fsp3) is 0.545. The zero-order valence-electron chi connectivity index (χ0n) is 9.47. The van der Waals surface area contributed by atoms with Crippen molar-refractivity contribution in [1.82, 2.24) is 4.98 Å². The standard InChI is InChI=1S/C11H13N3OS2/c1-6(15)8-5-16-11(13-8)14-10-12-4-9(17-10)7-2-3-7/h5,7,9H,2-4H2,1H3,(H,12,13,14). The van der Waals surface area contributed by atoms with Gasteiger partial charge >= 0.3 is 0 Å². The molecule has 1 aromatic rings. The van der Waals surface area contributed by atoms with Crippen molar-refractivity contribution in [3.05, 3.63) is 11.1 Å². The van der Waals surface area contributed by atoms with Crippen LogP contribution in [0.4, 0.5) is 5.13 Å². The summed E-state index contributed by atoms with van der Waals surface area (Å²) in [6, 6.07) is 0. The summed E-state index contributed by atoms with van der Waals surface area (Å²) in [5.41, 5.74) is 0.528. The highest BCUT2D eigenvalue weighted by molar-refractivity contribution is 8.15. The molecule has 0 amide bonds. The summed E-state index contributed by atoms with van der Waals surface area (Å²) < 4.78 is 0. The summed E-state index contributed by atoms with van der Waals surface area (Å²) in [4.78, 5) is 19.8. The molecule has 1 aliphatic heterocycles. The van der Waals surface area contributed by atoms with Gasteiger partial charge in [0.15, 0.2) is 16.1 Å². The number of carbonyl (C=O) groups is 1. The zero-order valence-corrected chi connectivity index (χ0v) is 11.1.